The topological polar surface area (TPSA) is 36.4 Å². The van der Waals surface area contributed by atoms with Gasteiger partial charge < -0.3 is 4.90 Å². The molecule has 2 aromatic rings. The third kappa shape index (κ3) is 3.46. The fourth-order valence-electron chi connectivity index (χ4n) is 3.10. The van der Waals surface area contributed by atoms with Crippen LogP contribution in [0.4, 0.5) is 4.39 Å². The van der Waals surface area contributed by atoms with E-state index in [2.05, 4.69) is 9.88 Å². The Morgan fingerprint density at radius 2 is 1.83 bits per heavy atom. The Morgan fingerprint density at radius 1 is 1.12 bits per heavy atom. The maximum Gasteiger partial charge on any atom is 0.255 e. The summed E-state index contributed by atoms with van der Waals surface area (Å²) in [5.74, 6) is -0.157. The third-order valence-electron chi connectivity index (χ3n) is 4.66. The lowest BCUT2D eigenvalue weighted by molar-refractivity contribution is 0.0578. The number of piperazine rings is 1. The molecule has 0 N–H and O–H groups in total. The molecule has 1 atom stereocenters. The lowest BCUT2D eigenvalue weighted by Gasteiger charge is -2.38. The van der Waals surface area contributed by atoms with Gasteiger partial charge in [0.05, 0.1) is 5.56 Å². The normalized spacial score (nSPS) is 16.9. The van der Waals surface area contributed by atoms with E-state index in [4.69, 9.17) is 0 Å². The molecule has 2 heterocycles. The van der Waals surface area contributed by atoms with Crippen LogP contribution < -0.4 is 0 Å². The highest BCUT2D eigenvalue weighted by Crippen LogP contribution is 2.24. The second-order valence-corrected chi connectivity index (χ2v) is 6.21. The van der Waals surface area contributed by atoms with Crippen molar-refractivity contribution in [3.63, 3.8) is 0 Å². The molecule has 0 aliphatic carbocycles. The molecule has 1 fully saturated rings. The molecule has 0 saturated carbocycles. The maximum absolute atomic E-state index is 14.0. The van der Waals surface area contributed by atoms with Crippen LogP contribution in [0, 0.1) is 12.7 Å². The first-order chi connectivity index (χ1) is 11.6. The summed E-state index contributed by atoms with van der Waals surface area (Å²) in [6, 6.07) is 10.6. The van der Waals surface area contributed by atoms with E-state index in [0.717, 1.165) is 18.8 Å². The van der Waals surface area contributed by atoms with Gasteiger partial charge in [0.1, 0.15) is 5.82 Å². The number of amides is 1. The molecule has 0 bridgehead atoms. The van der Waals surface area contributed by atoms with E-state index in [1.54, 1.807) is 12.3 Å². The van der Waals surface area contributed by atoms with Gasteiger partial charge in [-0.3, -0.25) is 14.7 Å². The van der Waals surface area contributed by atoms with Gasteiger partial charge in [-0.15, -0.1) is 0 Å². The minimum Gasteiger partial charge on any atom is -0.336 e. The minimum absolute atomic E-state index is 0.00416. The fraction of sp³-hybridized carbons (Fsp3) is 0.368. The third-order valence-corrected chi connectivity index (χ3v) is 4.66. The zero-order chi connectivity index (χ0) is 17.1. The van der Waals surface area contributed by atoms with E-state index in [0.29, 0.717) is 24.2 Å². The molecule has 1 amide bonds. The first kappa shape index (κ1) is 16.6. The Morgan fingerprint density at radius 3 is 2.46 bits per heavy atom. The number of rotatable bonds is 3. The SMILES string of the molecule is Cc1ccc(C(=O)N2CCN([C@@H](C)c3ccccc3F)CC2)cn1. The van der Waals surface area contributed by atoms with Crippen molar-refractivity contribution in [2.45, 2.75) is 19.9 Å². The summed E-state index contributed by atoms with van der Waals surface area (Å²) in [6.45, 7) is 6.68. The van der Waals surface area contributed by atoms with E-state index in [-0.39, 0.29) is 17.8 Å². The van der Waals surface area contributed by atoms with E-state index in [1.165, 1.54) is 6.07 Å². The summed E-state index contributed by atoms with van der Waals surface area (Å²) in [5.41, 5.74) is 2.23. The Balaban J connectivity index is 1.62. The Hall–Kier alpha value is -2.27. The van der Waals surface area contributed by atoms with Gasteiger partial charge in [0.25, 0.3) is 5.91 Å². The number of aromatic nitrogens is 1. The molecule has 0 unspecified atom stereocenters. The predicted molar refractivity (Wildman–Crippen MR) is 91.3 cm³/mol. The van der Waals surface area contributed by atoms with Crippen molar-refractivity contribution in [3.8, 4) is 0 Å². The van der Waals surface area contributed by atoms with E-state index < -0.39 is 0 Å². The number of carbonyl (C=O) groups is 1. The van der Waals surface area contributed by atoms with Gasteiger partial charge in [0.15, 0.2) is 0 Å². The van der Waals surface area contributed by atoms with Crippen LogP contribution >= 0.6 is 0 Å². The molecule has 3 rings (SSSR count). The van der Waals surface area contributed by atoms with Crippen LogP contribution in [0.1, 0.15) is 34.6 Å². The van der Waals surface area contributed by atoms with Gasteiger partial charge in [-0.1, -0.05) is 18.2 Å². The summed E-state index contributed by atoms with van der Waals surface area (Å²) in [5, 5.41) is 0. The number of benzene rings is 1. The summed E-state index contributed by atoms with van der Waals surface area (Å²) < 4.78 is 14.0. The van der Waals surface area contributed by atoms with Crippen molar-refractivity contribution in [1.29, 1.82) is 0 Å². The number of hydrogen-bond acceptors (Lipinski definition) is 3. The van der Waals surface area contributed by atoms with Crippen molar-refractivity contribution in [3.05, 3.63) is 65.2 Å². The molecule has 0 radical (unpaired) electrons. The molecule has 1 aliphatic rings. The van der Waals surface area contributed by atoms with Gasteiger partial charge in [0.2, 0.25) is 0 Å². The smallest absolute Gasteiger partial charge is 0.255 e. The van der Waals surface area contributed by atoms with Crippen LogP contribution in [-0.4, -0.2) is 46.9 Å². The largest absolute Gasteiger partial charge is 0.336 e. The van der Waals surface area contributed by atoms with Crippen molar-refractivity contribution in [2.24, 2.45) is 0 Å². The average molecular weight is 327 g/mol. The number of halogens is 1. The van der Waals surface area contributed by atoms with E-state index >= 15 is 0 Å². The fourth-order valence-corrected chi connectivity index (χ4v) is 3.10. The van der Waals surface area contributed by atoms with Gasteiger partial charge in [-0.2, -0.15) is 0 Å². The van der Waals surface area contributed by atoms with Crippen LogP contribution in [0.5, 0.6) is 0 Å². The molecule has 126 valence electrons. The number of pyridine rings is 1. The van der Waals surface area contributed by atoms with Crippen LogP contribution in [0.25, 0.3) is 0 Å². The number of hydrogen-bond donors (Lipinski definition) is 0. The number of aryl methyl sites for hydroxylation is 1. The van der Waals surface area contributed by atoms with Gasteiger partial charge in [-0.05, 0) is 32.0 Å². The first-order valence-electron chi connectivity index (χ1n) is 8.26. The summed E-state index contributed by atoms with van der Waals surface area (Å²) >= 11 is 0. The highest BCUT2D eigenvalue weighted by molar-refractivity contribution is 5.94. The standard InChI is InChI=1S/C19H22FN3O/c1-14-7-8-16(13-21-14)19(24)23-11-9-22(10-12-23)15(2)17-5-3-4-6-18(17)20/h3-8,13,15H,9-12H2,1-2H3/t15-/m0/s1. The summed E-state index contributed by atoms with van der Waals surface area (Å²) in [4.78, 5) is 20.8. The minimum atomic E-state index is -0.172. The highest BCUT2D eigenvalue weighted by atomic mass is 19.1. The van der Waals surface area contributed by atoms with Crippen LogP contribution in [0.2, 0.25) is 0 Å². The van der Waals surface area contributed by atoms with Crippen LogP contribution in [-0.2, 0) is 0 Å². The van der Waals surface area contributed by atoms with Gasteiger partial charge >= 0.3 is 0 Å². The van der Waals surface area contributed by atoms with E-state index in [9.17, 15) is 9.18 Å². The van der Waals surface area contributed by atoms with Gasteiger partial charge in [0, 0.05) is 49.7 Å². The summed E-state index contributed by atoms with van der Waals surface area (Å²) in [6.07, 6.45) is 1.63. The monoisotopic (exact) mass is 327 g/mol. The molecular formula is C19H22FN3O. The first-order valence-corrected chi connectivity index (χ1v) is 8.26. The number of nitrogens with zero attached hydrogens (tertiary/aromatic N) is 3. The molecular weight excluding hydrogens is 305 g/mol. The number of carbonyl (C=O) groups excluding carboxylic acids is 1. The van der Waals surface area contributed by atoms with Crippen molar-refractivity contribution >= 4 is 5.91 Å². The van der Waals surface area contributed by atoms with Crippen LogP contribution in [0.3, 0.4) is 0 Å². The molecule has 24 heavy (non-hydrogen) atoms. The lowest BCUT2D eigenvalue weighted by atomic mass is 10.1. The predicted octanol–water partition coefficient (Wildman–Crippen LogP) is 3.05. The second kappa shape index (κ2) is 7.09. The Labute approximate surface area is 141 Å². The Bertz CT molecular complexity index is 709. The Kier molecular flexibility index (Phi) is 4.90. The highest BCUT2D eigenvalue weighted by Gasteiger charge is 2.26. The molecule has 5 heteroatoms. The summed E-state index contributed by atoms with van der Waals surface area (Å²) in [7, 11) is 0. The molecule has 1 aromatic carbocycles. The molecule has 4 nitrogen and oxygen atoms in total. The molecule has 1 aliphatic heterocycles. The lowest BCUT2D eigenvalue weighted by Crippen LogP contribution is -2.49. The second-order valence-electron chi connectivity index (χ2n) is 6.21. The average Bonchev–Trinajstić information content (AvgIpc) is 2.62. The molecule has 0 spiro atoms. The zero-order valence-electron chi connectivity index (χ0n) is 14.1. The molecule has 1 saturated heterocycles. The van der Waals surface area contributed by atoms with Crippen molar-refractivity contribution in [1.82, 2.24) is 14.8 Å². The van der Waals surface area contributed by atoms with Crippen molar-refractivity contribution < 1.29 is 9.18 Å². The van der Waals surface area contributed by atoms with Crippen molar-refractivity contribution in [2.75, 3.05) is 26.2 Å². The van der Waals surface area contributed by atoms with E-state index in [1.807, 2.05) is 43.0 Å². The maximum atomic E-state index is 14.0. The quantitative estimate of drug-likeness (QED) is 0.869. The van der Waals surface area contributed by atoms with Gasteiger partial charge in [-0.25, -0.2) is 4.39 Å². The zero-order valence-corrected chi connectivity index (χ0v) is 14.1. The van der Waals surface area contributed by atoms with Crippen LogP contribution in [0.15, 0.2) is 42.6 Å². The molecule has 1 aromatic heterocycles.